The summed E-state index contributed by atoms with van der Waals surface area (Å²) in [5.74, 6) is 0. The van der Waals surface area contributed by atoms with E-state index in [1.165, 1.54) is 30.3 Å². The molecule has 0 spiro atoms. The van der Waals surface area contributed by atoms with Gasteiger partial charge in [0.25, 0.3) is 5.56 Å². The van der Waals surface area contributed by atoms with E-state index in [0.717, 1.165) is 25.9 Å². The first kappa shape index (κ1) is 18.9. The highest BCUT2D eigenvalue weighted by Gasteiger charge is 2.21. The van der Waals surface area contributed by atoms with Crippen molar-refractivity contribution in [2.75, 3.05) is 6.61 Å². The van der Waals surface area contributed by atoms with Gasteiger partial charge in [0.15, 0.2) is 11.2 Å². The van der Waals surface area contributed by atoms with Crippen molar-refractivity contribution in [1.29, 1.82) is 0 Å². The van der Waals surface area contributed by atoms with Gasteiger partial charge in [0, 0.05) is 19.6 Å². The van der Waals surface area contributed by atoms with Crippen molar-refractivity contribution in [2.24, 2.45) is 0 Å². The maximum Gasteiger partial charge on any atom is 0.332 e. The normalized spacial score (nSPS) is 16.5. The lowest BCUT2D eigenvalue weighted by Gasteiger charge is -2.10. The van der Waals surface area contributed by atoms with Gasteiger partial charge in [0.1, 0.15) is 0 Å². The Bertz CT molecular complexity index is 845. The predicted molar refractivity (Wildman–Crippen MR) is 102 cm³/mol. The third kappa shape index (κ3) is 4.09. The summed E-state index contributed by atoms with van der Waals surface area (Å²) in [6, 6.07) is 0. The van der Waals surface area contributed by atoms with Crippen LogP contribution in [0, 0.1) is 0 Å². The molecule has 3 heterocycles. The molecule has 7 heteroatoms. The first-order valence-electron chi connectivity index (χ1n) is 9.97. The van der Waals surface area contributed by atoms with Gasteiger partial charge in [-0.1, -0.05) is 32.1 Å². The number of hydrogen-bond donors (Lipinski definition) is 0. The van der Waals surface area contributed by atoms with Crippen LogP contribution in [-0.4, -0.2) is 31.4 Å². The van der Waals surface area contributed by atoms with Gasteiger partial charge in [-0.05, 0) is 26.7 Å². The second-order valence-corrected chi connectivity index (χ2v) is 7.05. The van der Waals surface area contributed by atoms with E-state index in [1.54, 1.807) is 10.9 Å². The molecule has 0 aliphatic carbocycles. The zero-order valence-electron chi connectivity index (χ0n) is 15.9. The second kappa shape index (κ2) is 8.66. The molecule has 3 rings (SSSR count). The number of hydrogen-bond acceptors (Lipinski definition) is 4. The number of ether oxygens (including phenoxy) is 1. The number of nitrogens with zero attached hydrogens (tertiary/aromatic N) is 4. The highest BCUT2D eigenvalue weighted by Crippen LogP contribution is 2.18. The minimum atomic E-state index is -0.240. The highest BCUT2D eigenvalue weighted by molar-refractivity contribution is 5.70. The maximum absolute atomic E-state index is 12.8. The van der Waals surface area contributed by atoms with E-state index >= 15 is 0 Å². The monoisotopic (exact) mass is 362 g/mol. The molecule has 1 aliphatic rings. The van der Waals surface area contributed by atoms with E-state index < -0.39 is 0 Å². The maximum atomic E-state index is 12.8. The van der Waals surface area contributed by atoms with E-state index in [9.17, 15) is 9.59 Å². The van der Waals surface area contributed by atoms with Gasteiger partial charge >= 0.3 is 5.69 Å². The molecule has 26 heavy (non-hydrogen) atoms. The SMILES string of the molecule is CCn1cnc2c1c(=O)n(CCCCCCCCC1CO1)c(=O)n2CC. The average molecular weight is 362 g/mol. The van der Waals surface area contributed by atoms with Gasteiger partial charge in [0.05, 0.1) is 19.0 Å². The van der Waals surface area contributed by atoms with Gasteiger partial charge in [-0.25, -0.2) is 9.78 Å². The molecule has 0 aromatic carbocycles. The summed E-state index contributed by atoms with van der Waals surface area (Å²) >= 11 is 0. The summed E-state index contributed by atoms with van der Waals surface area (Å²) < 4.78 is 10.0. The Morgan fingerprint density at radius 2 is 1.73 bits per heavy atom. The molecule has 1 unspecified atom stereocenters. The molecule has 0 radical (unpaired) electrons. The van der Waals surface area contributed by atoms with Crippen molar-refractivity contribution in [3.8, 4) is 0 Å². The minimum Gasteiger partial charge on any atom is -0.373 e. The van der Waals surface area contributed by atoms with Crippen LogP contribution in [0.5, 0.6) is 0 Å². The van der Waals surface area contributed by atoms with E-state index in [-0.39, 0.29) is 11.2 Å². The zero-order valence-corrected chi connectivity index (χ0v) is 15.9. The fourth-order valence-corrected chi connectivity index (χ4v) is 3.54. The molecule has 0 bridgehead atoms. The summed E-state index contributed by atoms with van der Waals surface area (Å²) in [4.78, 5) is 29.8. The summed E-state index contributed by atoms with van der Waals surface area (Å²) in [5.41, 5.74) is 0.589. The average Bonchev–Trinajstić information content (AvgIpc) is 3.37. The largest absolute Gasteiger partial charge is 0.373 e. The molecule has 1 aliphatic heterocycles. The number of aryl methyl sites for hydroxylation is 2. The van der Waals surface area contributed by atoms with Crippen LogP contribution in [0.25, 0.3) is 11.2 Å². The molecule has 2 aromatic heterocycles. The van der Waals surface area contributed by atoms with Crippen LogP contribution in [0.3, 0.4) is 0 Å². The van der Waals surface area contributed by atoms with Crippen molar-refractivity contribution < 1.29 is 4.74 Å². The van der Waals surface area contributed by atoms with Crippen LogP contribution < -0.4 is 11.2 Å². The lowest BCUT2D eigenvalue weighted by molar-refractivity contribution is 0.387. The van der Waals surface area contributed by atoms with E-state index in [1.807, 2.05) is 18.4 Å². The first-order chi connectivity index (χ1) is 12.7. The standard InChI is InChI=1S/C19H30N4O3/c1-3-21-14-20-17-16(21)18(24)23(19(25)22(17)4-2)12-10-8-6-5-7-9-11-15-13-26-15/h14-15H,3-13H2,1-2H3. The molecule has 0 amide bonds. The van der Waals surface area contributed by atoms with Crippen LogP contribution in [0.4, 0.5) is 0 Å². The van der Waals surface area contributed by atoms with Gasteiger partial charge in [-0.3, -0.25) is 13.9 Å². The summed E-state index contributed by atoms with van der Waals surface area (Å²) in [6.07, 6.45) is 10.1. The van der Waals surface area contributed by atoms with Crippen molar-refractivity contribution in [3.63, 3.8) is 0 Å². The topological polar surface area (TPSA) is 74.3 Å². The van der Waals surface area contributed by atoms with Crippen LogP contribution in [0.2, 0.25) is 0 Å². The number of unbranched alkanes of at least 4 members (excludes halogenated alkanes) is 5. The van der Waals surface area contributed by atoms with Crippen LogP contribution in [0.15, 0.2) is 15.9 Å². The molecular weight excluding hydrogens is 332 g/mol. The fourth-order valence-electron chi connectivity index (χ4n) is 3.54. The molecule has 1 saturated heterocycles. The fraction of sp³-hybridized carbons (Fsp3) is 0.737. The predicted octanol–water partition coefficient (Wildman–Crippen LogP) is 2.53. The number of aromatic nitrogens is 4. The summed E-state index contributed by atoms with van der Waals surface area (Å²) in [5, 5.41) is 0. The molecule has 2 aromatic rings. The Hall–Kier alpha value is -1.89. The van der Waals surface area contributed by atoms with Gasteiger partial charge < -0.3 is 9.30 Å². The molecule has 1 atom stereocenters. The van der Waals surface area contributed by atoms with Crippen LogP contribution in [-0.2, 0) is 24.4 Å². The smallest absolute Gasteiger partial charge is 0.332 e. The number of epoxide rings is 1. The second-order valence-electron chi connectivity index (χ2n) is 7.05. The van der Waals surface area contributed by atoms with Gasteiger partial charge in [0.2, 0.25) is 0 Å². The Labute approximate surface area is 153 Å². The van der Waals surface area contributed by atoms with Crippen molar-refractivity contribution >= 4 is 11.2 Å². The lowest BCUT2D eigenvalue weighted by atomic mass is 10.1. The third-order valence-corrected chi connectivity index (χ3v) is 5.20. The van der Waals surface area contributed by atoms with Gasteiger partial charge in [-0.15, -0.1) is 0 Å². The number of imidazole rings is 1. The van der Waals surface area contributed by atoms with Gasteiger partial charge in [-0.2, -0.15) is 0 Å². The molecule has 0 saturated carbocycles. The summed E-state index contributed by atoms with van der Waals surface area (Å²) in [7, 11) is 0. The molecule has 0 N–H and O–H groups in total. The molecule has 7 nitrogen and oxygen atoms in total. The molecule has 1 fully saturated rings. The minimum absolute atomic E-state index is 0.210. The third-order valence-electron chi connectivity index (χ3n) is 5.20. The van der Waals surface area contributed by atoms with E-state index in [4.69, 9.17) is 4.74 Å². The highest BCUT2D eigenvalue weighted by atomic mass is 16.6. The van der Waals surface area contributed by atoms with Crippen molar-refractivity contribution in [1.82, 2.24) is 18.7 Å². The Morgan fingerprint density at radius 3 is 2.38 bits per heavy atom. The van der Waals surface area contributed by atoms with E-state index in [0.29, 0.717) is 36.9 Å². The molecular formula is C19H30N4O3. The zero-order chi connectivity index (χ0) is 18.5. The van der Waals surface area contributed by atoms with Crippen molar-refractivity contribution in [3.05, 3.63) is 27.2 Å². The first-order valence-corrected chi connectivity index (χ1v) is 9.97. The number of rotatable bonds is 11. The summed E-state index contributed by atoms with van der Waals surface area (Å²) in [6.45, 7) is 6.50. The van der Waals surface area contributed by atoms with Crippen molar-refractivity contribution in [2.45, 2.75) is 84.5 Å². The Morgan fingerprint density at radius 1 is 1.04 bits per heavy atom. The molecule has 144 valence electrons. The quantitative estimate of drug-likeness (QED) is 0.455. The Kier molecular flexibility index (Phi) is 6.29. The van der Waals surface area contributed by atoms with E-state index in [2.05, 4.69) is 4.98 Å². The Balaban J connectivity index is 1.60. The van der Waals surface area contributed by atoms with Crippen LogP contribution in [0.1, 0.15) is 58.8 Å². The lowest BCUT2D eigenvalue weighted by Crippen LogP contribution is -2.40. The number of fused-ring (bicyclic) bond motifs is 1. The van der Waals surface area contributed by atoms with Crippen LogP contribution >= 0.6 is 0 Å².